The minimum Gasteiger partial charge on any atom is -0.494 e. The van der Waals surface area contributed by atoms with Crippen molar-refractivity contribution in [3.05, 3.63) is 65.0 Å². The van der Waals surface area contributed by atoms with Gasteiger partial charge in [0.1, 0.15) is 5.75 Å². The van der Waals surface area contributed by atoms with E-state index >= 15 is 0 Å². The molecule has 0 aliphatic heterocycles. The Morgan fingerprint density at radius 3 is 2.35 bits per heavy atom. The summed E-state index contributed by atoms with van der Waals surface area (Å²) in [4.78, 5) is 12.7. The van der Waals surface area contributed by atoms with Gasteiger partial charge in [0.25, 0.3) is 5.91 Å². The summed E-state index contributed by atoms with van der Waals surface area (Å²) in [5.74, 6) is 0.527. The molecule has 0 atom stereocenters. The van der Waals surface area contributed by atoms with Crippen LogP contribution in [0.5, 0.6) is 5.75 Å². The minimum absolute atomic E-state index is 0.267. The van der Waals surface area contributed by atoms with Crippen molar-refractivity contribution >= 4 is 11.6 Å². The zero-order valence-electron chi connectivity index (χ0n) is 15.4. The van der Waals surface area contributed by atoms with Crippen molar-refractivity contribution in [3.63, 3.8) is 0 Å². The number of nitrogens with one attached hydrogen (secondary N) is 1. The predicted molar refractivity (Wildman–Crippen MR) is 101 cm³/mol. The van der Waals surface area contributed by atoms with E-state index in [1.54, 1.807) is 4.68 Å². The van der Waals surface area contributed by atoms with Crippen LogP contribution >= 0.6 is 0 Å². The number of amides is 1. The van der Waals surface area contributed by atoms with Gasteiger partial charge in [0.2, 0.25) is 0 Å². The number of benzene rings is 2. The van der Waals surface area contributed by atoms with Gasteiger partial charge < -0.3 is 10.1 Å². The lowest BCUT2D eigenvalue weighted by Gasteiger charge is -2.10. The van der Waals surface area contributed by atoms with Gasteiger partial charge in [-0.1, -0.05) is 23.4 Å². The van der Waals surface area contributed by atoms with E-state index in [2.05, 4.69) is 15.6 Å². The van der Waals surface area contributed by atoms with Crippen LogP contribution in [-0.2, 0) is 0 Å². The highest BCUT2D eigenvalue weighted by molar-refractivity contribution is 6.04. The lowest BCUT2D eigenvalue weighted by molar-refractivity contribution is 0.102. The molecule has 0 aliphatic carbocycles. The van der Waals surface area contributed by atoms with Gasteiger partial charge in [-0.25, -0.2) is 4.68 Å². The highest BCUT2D eigenvalue weighted by atomic mass is 16.5. The van der Waals surface area contributed by atoms with Crippen LogP contribution in [0.3, 0.4) is 0 Å². The summed E-state index contributed by atoms with van der Waals surface area (Å²) in [6.07, 6.45) is 0. The first-order chi connectivity index (χ1) is 12.5. The molecule has 0 bridgehead atoms. The highest BCUT2D eigenvalue weighted by Crippen LogP contribution is 2.21. The van der Waals surface area contributed by atoms with Crippen molar-refractivity contribution in [1.29, 1.82) is 0 Å². The average molecular weight is 350 g/mol. The maximum absolute atomic E-state index is 12.7. The summed E-state index contributed by atoms with van der Waals surface area (Å²) in [7, 11) is 0. The van der Waals surface area contributed by atoms with Crippen molar-refractivity contribution in [2.75, 3.05) is 11.9 Å². The second-order valence-electron chi connectivity index (χ2n) is 6.08. The normalized spacial score (nSPS) is 10.6. The van der Waals surface area contributed by atoms with E-state index in [1.807, 2.05) is 70.2 Å². The Kier molecular flexibility index (Phi) is 5.02. The van der Waals surface area contributed by atoms with Crippen LogP contribution in [0.2, 0.25) is 0 Å². The molecule has 2 aromatic carbocycles. The second kappa shape index (κ2) is 7.39. The van der Waals surface area contributed by atoms with E-state index in [9.17, 15) is 4.79 Å². The van der Waals surface area contributed by atoms with Gasteiger partial charge in [-0.2, -0.15) is 0 Å². The molecule has 0 radical (unpaired) electrons. The van der Waals surface area contributed by atoms with E-state index in [0.717, 1.165) is 28.3 Å². The molecule has 134 valence electrons. The molecule has 6 heteroatoms. The maximum atomic E-state index is 12.7. The van der Waals surface area contributed by atoms with Crippen LogP contribution in [0.4, 0.5) is 5.69 Å². The number of carbonyl (C=O) groups excluding carboxylic acids is 1. The monoisotopic (exact) mass is 350 g/mol. The summed E-state index contributed by atoms with van der Waals surface area (Å²) in [6.45, 7) is 8.31. The fourth-order valence-corrected chi connectivity index (χ4v) is 2.82. The molecule has 0 spiro atoms. The number of anilines is 1. The Morgan fingerprint density at radius 1 is 1.08 bits per heavy atom. The number of hydrogen-bond donors (Lipinski definition) is 1. The first-order valence-corrected chi connectivity index (χ1v) is 8.54. The smallest absolute Gasteiger partial charge is 0.278 e. The third-order valence-electron chi connectivity index (χ3n) is 4.22. The van der Waals surface area contributed by atoms with Crippen molar-refractivity contribution < 1.29 is 9.53 Å². The lowest BCUT2D eigenvalue weighted by Crippen LogP contribution is -2.15. The van der Waals surface area contributed by atoms with Crippen LogP contribution in [0.1, 0.15) is 34.2 Å². The predicted octanol–water partition coefficient (Wildman–Crippen LogP) is 3.84. The van der Waals surface area contributed by atoms with E-state index in [4.69, 9.17) is 4.74 Å². The van der Waals surface area contributed by atoms with Crippen molar-refractivity contribution in [3.8, 4) is 11.4 Å². The zero-order valence-corrected chi connectivity index (χ0v) is 15.4. The van der Waals surface area contributed by atoms with Gasteiger partial charge in [-0.05, 0) is 63.1 Å². The summed E-state index contributed by atoms with van der Waals surface area (Å²) in [6, 6.07) is 13.4. The van der Waals surface area contributed by atoms with Crippen LogP contribution in [0, 0.1) is 20.8 Å². The molecular formula is C20H22N4O2. The standard InChI is InChI=1S/C20H22N4O2/c1-5-26-17-11-9-16(10-12-17)24-15(4)19(22-23-24)20(25)21-18-13(2)7-6-8-14(18)3/h6-12H,5H2,1-4H3,(H,21,25). The lowest BCUT2D eigenvalue weighted by atomic mass is 10.1. The van der Waals surface area contributed by atoms with Gasteiger partial charge >= 0.3 is 0 Å². The molecule has 1 heterocycles. The molecule has 6 nitrogen and oxygen atoms in total. The van der Waals surface area contributed by atoms with Crippen LogP contribution in [-0.4, -0.2) is 27.5 Å². The Morgan fingerprint density at radius 2 is 1.73 bits per heavy atom. The van der Waals surface area contributed by atoms with E-state index in [1.165, 1.54) is 0 Å². The largest absolute Gasteiger partial charge is 0.494 e. The quantitative estimate of drug-likeness (QED) is 0.759. The molecule has 1 N–H and O–H groups in total. The fourth-order valence-electron chi connectivity index (χ4n) is 2.82. The summed E-state index contributed by atoms with van der Waals surface area (Å²) >= 11 is 0. The van der Waals surface area contributed by atoms with E-state index < -0.39 is 0 Å². The Hall–Kier alpha value is -3.15. The summed E-state index contributed by atoms with van der Waals surface area (Å²) in [5.41, 5.74) is 4.64. The van der Waals surface area contributed by atoms with Crippen molar-refractivity contribution in [2.45, 2.75) is 27.7 Å². The average Bonchev–Trinajstić information content (AvgIpc) is 3.01. The molecule has 0 aliphatic rings. The number of nitrogens with zero attached hydrogens (tertiary/aromatic N) is 3. The zero-order chi connectivity index (χ0) is 18.7. The molecule has 26 heavy (non-hydrogen) atoms. The van der Waals surface area contributed by atoms with Crippen LogP contribution in [0.25, 0.3) is 5.69 Å². The summed E-state index contributed by atoms with van der Waals surface area (Å²) in [5, 5.41) is 11.2. The van der Waals surface area contributed by atoms with Crippen molar-refractivity contribution in [1.82, 2.24) is 15.0 Å². The number of aromatic nitrogens is 3. The Bertz CT molecular complexity index is 909. The van der Waals surface area contributed by atoms with Crippen LogP contribution in [0.15, 0.2) is 42.5 Å². The van der Waals surface area contributed by atoms with Crippen molar-refractivity contribution in [2.24, 2.45) is 0 Å². The molecule has 0 fully saturated rings. The first-order valence-electron chi connectivity index (χ1n) is 8.54. The summed E-state index contributed by atoms with van der Waals surface area (Å²) < 4.78 is 7.10. The molecular weight excluding hydrogens is 328 g/mol. The first kappa shape index (κ1) is 17.7. The second-order valence-corrected chi connectivity index (χ2v) is 6.08. The molecule has 0 saturated carbocycles. The SMILES string of the molecule is CCOc1ccc(-n2nnc(C(=O)Nc3c(C)cccc3C)c2C)cc1. The third kappa shape index (κ3) is 3.44. The van der Waals surface area contributed by atoms with Gasteiger partial charge in [0, 0.05) is 5.69 Å². The number of para-hydroxylation sites is 1. The van der Waals surface area contributed by atoms with Crippen LogP contribution < -0.4 is 10.1 Å². The van der Waals surface area contributed by atoms with Gasteiger partial charge in [0.05, 0.1) is 18.0 Å². The minimum atomic E-state index is -0.267. The fraction of sp³-hybridized carbons (Fsp3) is 0.250. The van der Waals surface area contributed by atoms with Gasteiger partial charge in [0.15, 0.2) is 5.69 Å². The molecule has 3 aromatic rings. The Balaban J connectivity index is 1.85. The molecule has 1 amide bonds. The van der Waals surface area contributed by atoms with Gasteiger partial charge in [-0.15, -0.1) is 5.10 Å². The molecule has 0 unspecified atom stereocenters. The Labute approximate surface area is 152 Å². The molecule has 0 saturated heterocycles. The number of carbonyl (C=O) groups is 1. The van der Waals surface area contributed by atoms with Gasteiger partial charge in [-0.3, -0.25) is 4.79 Å². The number of ether oxygens (including phenoxy) is 1. The van der Waals surface area contributed by atoms with E-state index in [0.29, 0.717) is 18.0 Å². The maximum Gasteiger partial charge on any atom is 0.278 e. The topological polar surface area (TPSA) is 69.0 Å². The molecule has 3 rings (SSSR count). The number of aryl methyl sites for hydroxylation is 2. The number of hydrogen-bond acceptors (Lipinski definition) is 4. The number of rotatable bonds is 5. The third-order valence-corrected chi connectivity index (χ3v) is 4.22. The highest BCUT2D eigenvalue weighted by Gasteiger charge is 2.18. The molecule has 1 aromatic heterocycles. The van der Waals surface area contributed by atoms with E-state index in [-0.39, 0.29) is 5.91 Å².